The predicted octanol–water partition coefficient (Wildman–Crippen LogP) is 0.573. The van der Waals surface area contributed by atoms with Gasteiger partial charge in [-0.15, -0.1) is 6.42 Å². The zero-order valence-corrected chi connectivity index (χ0v) is 9.21. The summed E-state index contributed by atoms with van der Waals surface area (Å²) in [6.45, 7) is 3.68. The van der Waals surface area contributed by atoms with Crippen LogP contribution in [0.3, 0.4) is 0 Å². The van der Waals surface area contributed by atoms with Gasteiger partial charge < -0.3 is 0 Å². The van der Waals surface area contributed by atoms with E-state index in [2.05, 4.69) is 5.92 Å². The fraction of sp³-hybridized carbons (Fsp3) is 0.667. The number of hydrogen-bond donors (Lipinski definition) is 0. The number of terminal acetylenes is 1. The summed E-state index contributed by atoms with van der Waals surface area (Å²) in [7, 11) is -3.55. The summed E-state index contributed by atoms with van der Waals surface area (Å²) in [5.74, 6) is 2.27. The van der Waals surface area contributed by atoms with Crippen LogP contribution in [0, 0.1) is 23.7 Å². The van der Waals surface area contributed by atoms with Crippen LogP contribution in [0.4, 0.5) is 0 Å². The first-order valence-corrected chi connectivity index (χ1v) is 5.86. The third-order valence-electron chi connectivity index (χ3n) is 1.85. The highest BCUT2D eigenvalue weighted by atomic mass is 32.2. The standard InChI is InChI=1S/C9H14N2O2S/c1-4-7-11(6-3)14(12,13)9(5-2)8-10/h1,9H,5-7H2,2-3H3. The van der Waals surface area contributed by atoms with E-state index < -0.39 is 15.3 Å². The van der Waals surface area contributed by atoms with Crippen molar-refractivity contribution in [1.29, 1.82) is 5.26 Å². The van der Waals surface area contributed by atoms with E-state index in [0.29, 0.717) is 6.54 Å². The maximum Gasteiger partial charge on any atom is 0.231 e. The van der Waals surface area contributed by atoms with Crippen LogP contribution in [-0.4, -0.2) is 31.1 Å². The second-order valence-electron chi connectivity index (χ2n) is 2.70. The third kappa shape index (κ3) is 2.73. The van der Waals surface area contributed by atoms with E-state index >= 15 is 0 Å². The van der Waals surface area contributed by atoms with Crippen molar-refractivity contribution in [3.63, 3.8) is 0 Å². The van der Waals surface area contributed by atoms with Crippen molar-refractivity contribution in [3.05, 3.63) is 0 Å². The molecule has 0 rings (SSSR count). The molecule has 0 bridgehead atoms. The second-order valence-corrected chi connectivity index (χ2v) is 4.82. The summed E-state index contributed by atoms with van der Waals surface area (Å²) in [4.78, 5) is 0. The molecule has 1 atom stereocenters. The van der Waals surface area contributed by atoms with Gasteiger partial charge in [0, 0.05) is 6.54 Å². The van der Waals surface area contributed by atoms with Gasteiger partial charge in [0.25, 0.3) is 0 Å². The van der Waals surface area contributed by atoms with E-state index in [4.69, 9.17) is 11.7 Å². The fourth-order valence-corrected chi connectivity index (χ4v) is 2.56. The Morgan fingerprint density at radius 3 is 2.36 bits per heavy atom. The number of sulfonamides is 1. The largest absolute Gasteiger partial charge is 0.231 e. The molecule has 0 radical (unpaired) electrons. The molecule has 0 aromatic heterocycles. The molecule has 5 heteroatoms. The highest BCUT2D eigenvalue weighted by molar-refractivity contribution is 7.90. The summed E-state index contributed by atoms with van der Waals surface area (Å²) in [6, 6.07) is 1.77. The van der Waals surface area contributed by atoms with Gasteiger partial charge in [0.15, 0.2) is 5.25 Å². The lowest BCUT2D eigenvalue weighted by molar-refractivity contribution is 0.457. The van der Waals surface area contributed by atoms with E-state index in [1.807, 2.05) is 0 Å². The number of nitriles is 1. The maximum absolute atomic E-state index is 11.7. The lowest BCUT2D eigenvalue weighted by Crippen LogP contribution is -2.38. The van der Waals surface area contributed by atoms with Crippen LogP contribution in [0.25, 0.3) is 0 Å². The topological polar surface area (TPSA) is 61.2 Å². The summed E-state index contributed by atoms with van der Waals surface area (Å²) < 4.78 is 24.6. The van der Waals surface area contributed by atoms with Crippen LogP contribution in [0.2, 0.25) is 0 Å². The molecule has 14 heavy (non-hydrogen) atoms. The minimum absolute atomic E-state index is 0.0248. The van der Waals surface area contributed by atoms with Crippen LogP contribution in [0.15, 0.2) is 0 Å². The molecule has 0 saturated heterocycles. The van der Waals surface area contributed by atoms with Crippen LogP contribution >= 0.6 is 0 Å². The molecular formula is C9H14N2O2S. The molecule has 0 saturated carbocycles. The molecule has 0 aromatic rings. The van der Waals surface area contributed by atoms with Gasteiger partial charge in [-0.25, -0.2) is 8.42 Å². The molecule has 0 heterocycles. The van der Waals surface area contributed by atoms with Gasteiger partial charge in [-0.2, -0.15) is 9.57 Å². The van der Waals surface area contributed by atoms with Crippen LogP contribution in [0.5, 0.6) is 0 Å². The first-order valence-electron chi connectivity index (χ1n) is 4.36. The molecule has 1 unspecified atom stereocenters. The SMILES string of the molecule is C#CCN(CC)S(=O)(=O)C(C#N)CC. The number of hydrogen-bond acceptors (Lipinski definition) is 3. The van der Waals surface area contributed by atoms with Gasteiger partial charge in [-0.05, 0) is 6.42 Å². The van der Waals surface area contributed by atoms with Gasteiger partial charge in [-0.1, -0.05) is 19.8 Å². The smallest absolute Gasteiger partial charge is 0.211 e. The van der Waals surface area contributed by atoms with Crippen molar-refractivity contribution >= 4 is 10.0 Å². The Morgan fingerprint density at radius 2 is 2.07 bits per heavy atom. The Balaban J connectivity index is 4.94. The fourth-order valence-electron chi connectivity index (χ4n) is 1.03. The molecule has 0 N–H and O–H groups in total. The average molecular weight is 214 g/mol. The highest BCUT2D eigenvalue weighted by Crippen LogP contribution is 2.10. The van der Waals surface area contributed by atoms with E-state index in [0.717, 1.165) is 4.31 Å². The molecule has 0 spiro atoms. The lowest BCUT2D eigenvalue weighted by Gasteiger charge is -2.20. The zero-order chi connectivity index (χ0) is 11.2. The second kappa shape index (κ2) is 5.64. The maximum atomic E-state index is 11.7. The quantitative estimate of drug-likeness (QED) is 0.629. The number of rotatable bonds is 5. The molecular weight excluding hydrogens is 200 g/mol. The van der Waals surface area contributed by atoms with Gasteiger partial charge in [0.1, 0.15) is 0 Å². The van der Waals surface area contributed by atoms with Crippen LogP contribution in [-0.2, 0) is 10.0 Å². The molecule has 0 aliphatic heterocycles. The first-order chi connectivity index (χ1) is 6.54. The van der Waals surface area contributed by atoms with E-state index in [1.54, 1.807) is 19.9 Å². The first kappa shape index (κ1) is 13.0. The van der Waals surface area contributed by atoms with Crippen molar-refractivity contribution in [2.45, 2.75) is 25.5 Å². The highest BCUT2D eigenvalue weighted by Gasteiger charge is 2.29. The van der Waals surface area contributed by atoms with Crippen molar-refractivity contribution in [2.75, 3.05) is 13.1 Å². The van der Waals surface area contributed by atoms with Gasteiger partial charge in [0.05, 0.1) is 12.6 Å². The molecule has 0 amide bonds. The molecule has 0 aliphatic rings. The van der Waals surface area contributed by atoms with Crippen LogP contribution < -0.4 is 0 Å². The van der Waals surface area contributed by atoms with E-state index in [-0.39, 0.29) is 13.0 Å². The van der Waals surface area contributed by atoms with Crippen molar-refractivity contribution in [3.8, 4) is 18.4 Å². The summed E-state index contributed by atoms with van der Waals surface area (Å²) in [6.07, 6.45) is 5.32. The van der Waals surface area contributed by atoms with E-state index in [1.165, 1.54) is 0 Å². The predicted molar refractivity (Wildman–Crippen MR) is 54.7 cm³/mol. The van der Waals surface area contributed by atoms with E-state index in [9.17, 15) is 8.42 Å². The van der Waals surface area contributed by atoms with Gasteiger partial charge >= 0.3 is 0 Å². The normalized spacial score (nSPS) is 13.2. The Hall–Kier alpha value is -1.04. The molecule has 4 nitrogen and oxygen atoms in total. The van der Waals surface area contributed by atoms with Crippen molar-refractivity contribution in [1.82, 2.24) is 4.31 Å². The average Bonchev–Trinajstić information content (AvgIpc) is 2.15. The summed E-state index contributed by atoms with van der Waals surface area (Å²) in [5, 5.41) is 7.68. The molecule has 78 valence electrons. The minimum Gasteiger partial charge on any atom is -0.211 e. The molecule has 0 fully saturated rings. The Kier molecular flexibility index (Phi) is 5.22. The van der Waals surface area contributed by atoms with Crippen LogP contribution in [0.1, 0.15) is 20.3 Å². The number of nitrogens with zero attached hydrogens (tertiary/aromatic N) is 2. The molecule has 0 aromatic carbocycles. The zero-order valence-electron chi connectivity index (χ0n) is 8.40. The Labute approximate surface area is 85.6 Å². The Bertz CT molecular complexity index is 348. The summed E-state index contributed by atoms with van der Waals surface area (Å²) in [5.41, 5.74) is 0. The van der Waals surface area contributed by atoms with Crippen molar-refractivity contribution in [2.24, 2.45) is 0 Å². The molecule has 0 aliphatic carbocycles. The Morgan fingerprint density at radius 1 is 1.50 bits per heavy atom. The summed E-state index contributed by atoms with van der Waals surface area (Å²) >= 11 is 0. The van der Waals surface area contributed by atoms with Gasteiger partial charge in [0.2, 0.25) is 10.0 Å². The minimum atomic E-state index is -3.55. The third-order valence-corrected chi connectivity index (χ3v) is 4.12. The monoisotopic (exact) mass is 214 g/mol. The van der Waals surface area contributed by atoms with Gasteiger partial charge in [-0.3, -0.25) is 0 Å². The lowest BCUT2D eigenvalue weighted by atomic mass is 10.4. The van der Waals surface area contributed by atoms with Crippen molar-refractivity contribution < 1.29 is 8.42 Å².